The van der Waals surface area contributed by atoms with Crippen molar-refractivity contribution >= 4 is 6.98 Å². The van der Waals surface area contributed by atoms with Crippen molar-refractivity contribution in [2.24, 2.45) is 0 Å². The Bertz CT molecular complexity index is 310. The highest BCUT2D eigenvalue weighted by Gasteiger charge is 2.23. The zero-order valence-corrected chi connectivity index (χ0v) is 5.91. The van der Waals surface area contributed by atoms with Gasteiger partial charge in [0.25, 0.3) is 0 Å². The molecule has 0 saturated carbocycles. The Hall–Kier alpha value is -1.45. The molecule has 0 N–H and O–H groups in total. The molecule has 1 aromatic rings. The molecule has 0 aromatic carbocycles. The van der Waals surface area contributed by atoms with E-state index in [0.717, 1.165) is 12.4 Å². The molecule has 64 valence electrons. The van der Waals surface area contributed by atoms with Crippen LogP contribution in [-0.2, 0) is 6.44 Å². The summed E-state index contributed by atoms with van der Waals surface area (Å²) in [5.74, 6) is 0. The highest BCUT2D eigenvalue weighted by Crippen LogP contribution is 2.10. The monoisotopic (exact) mass is 174 g/mol. The minimum Gasteiger partial charge on any atom is -0.448 e. The Kier molecular flexibility index (Phi) is 2.08. The van der Waals surface area contributed by atoms with Crippen molar-refractivity contribution in [3.05, 3.63) is 18.0 Å². The highest BCUT2D eigenvalue weighted by molar-refractivity contribution is 6.57. The third-order valence-electron chi connectivity index (χ3n) is 1.16. The fourth-order valence-corrected chi connectivity index (χ4v) is 0.733. The van der Waals surface area contributed by atoms with Crippen LogP contribution in [0, 0.1) is 11.3 Å². The molecule has 1 aromatic heterocycles. The minimum atomic E-state index is -4.88. The molecule has 0 bridgehead atoms. The van der Waals surface area contributed by atoms with E-state index in [-0.39, 0.29) is 5.56 Å². The largest absolute Gasteiger partial charge is 0.499 e. The highest BCUT2D eigenvalue weighted by atomic mass is 19.4. The van der Waals surface area contributed by atoms with Crippen molar-refractivity contribution < 1.29 is 12.9 Å². The summed E-state index contributed by atoms with van der Waals surface area (Å²) in [6.07, 6.45) is 1.07. The Morgan fingerprint density at radius 2 is 2.25 bits per heavy atom. The minimum absolute atomic E-state index is 0.134. The van der Waals surface area contributed by atoms with Gasteiger partial charge in [-0.15, -0.1) is 0 Å². The van der Waals surface area contributed by atoms with Crippen molar-refractivity contribution in [2.45, 2.75) is 6.44 Å². The molecule has 0 aliphatic carbocycles. The van der Waals surface area contributed by atoms with Gasteiger partial charge in [0.1, 0.15) is 6.07 Å². The summed E-state index contributed by atoms with van der Waals surface area (Å²) in [6, 6.07) is 1.69. The van der Waals surface area contributed by atoms with Crippen molar-refractivity contribution in [3.8, 4) is 6.07 Å². The Balaban J connectivity index is 2.72. The van der Waals surface area contributed by atoms with Crippen LogP contribution in [0.2, 0.25) is 0 Å². The van der Waals surface area contributed by atoms with E-state index in [1.807, 2.05) is 0 Å². The van der Waals surface area contributed by atoms with E-state index in [1.165, 1.54) is 0 Å². The predicted octanol–water partition coefficient (Wildman–Crippen LogP) is 1.14. The second-order valence-electron chi connectivity index (χ2n) is 2.27. The van der Waals surface area contributed by atoms with Crippen LogP contribution in [0.4, 0.5) is 12.9 Å². The number of halogens is 3. The lowest BCUT2D eigenvalue weighted by atomic mass is 9.93. The van der Waals surface area contributed by atoms with Crippen LogP contribution >= 0.6 is 0 Å². The van der Waals surface area contributed by atoms with Crippen molar-refractivity contribution in [1.29, 1.82) is 5.26 Å². The average molecular weight is 174 g/mol. The lowest BCUT2D eigenvalue weighted by Crippen LogP contribution is -2.24. The van der Waals surface area contributed by atoms with Gasteiger partial charge in [-0.05, 0) is 0 Å². The van der Waals surface area contributed by atoms with Crippen LogP contribution in [0.15, 0.2) is 12.4 Å². The van der Waals surface area contributed by atoms with Crippen LogP contribution in [0.1, 0.15) is 5.56 Å². The van der Waals surface area contributed by atoms with E-state index in [1.54, 1.807) is 6.07 Å². The summed E-state index contributed by atoms with van der Waals surface area (Å²) in [7, 11) is 0. The molecule has 12 heavy (non-hydrogen) atoms. The normalized spacial score (nSPS) is 11.2. The summed E-state index contributed by atoms with van der Waals surface area (Å²) in [4.78, 5) is 0. The number of rotatable bonds is 2. The van der Waals surface area contributed by atoms with Gasteiger partial charge in [-0.1, -0.05) is 0 Å². The maximum Gasteiger partial charge on any atom is 0.499 e. The second kappa shape index (κ2) is 2.89. The lowest BCUT2D eigenvalue weighted by Gasteiger charge is -2.12. The fraction of sp³-hybridized carbons (Fsp3) is 0.200. The average Bonchev–Trinajstić information content (AvgIpc) is 2.32. The number of aromatic nitrogens is 2. The van der Waals surface area contributed by atoms with Crippen LogP contribution < -0.4 is 0 Å². The van der Waals surface area contributed by atoms with Crippen LogP contribution in [0.5, 0.6) is 0 Å². The van der Waals surface area contributed by atoms with Crippen LogP contribution in [0.25, 0.3) is 0 Å². The third-order valence-corrected chi connectivity index (χ3v) is 1.16. The first kappa shape index (κ1) is 8.65. The SMILES string of the molecule is N#Cc1cnn(C[B-](F)(F)F)c1. The van der Waals surface area contributed by atoms with Gasteiger partial charge in [0, 0.05) is 12.6 Å². The smallest absolute Gasteiger partial charge is 0.448 e. The molecule has 0 aliphatic heterocycles. The summed E-state index contributed by atoms with van der Waals surface area (Å²) in [5, 5.41) is 11.6. The molecule has 0 radical (unpaired) electrons. The maximum atomic E-state index is 11.8. The number of hydrogen-bond donors (Lipinski definition) is 0. The molecule has 0 aliphatic rings. The van der Waals surface area contributed by atoms with E-state index < -0.39 is 13.4 Å². The van der Waals surface area contributed by atoms with Crippen molar-refractivity contribution in [1.82, 2.24) is 9.78 Å². The molecular formula is C5H4BF3N3-. The number of nitrogens with zero attached hydrogens (tertiary/aromatic N) is 3. The summed E-state index contributed by atoms with van der Waals surface area (Å²) < 4.78 is 36.0. The molecule has 3 nitrogen and oxygen atoms in total. The quantitative estimate of drug-likeness (QED) is 0.630. The molecule has 0 fully saturated rings. The van der Waals surface area contributed by atoms with E-state index in [0.29, 0.717) is 4.68 Å². The van der Waals surface area contributed by atoms with Crippen LogP contribution in [0.3, 0.4) is 0 Å². The predicted molar refractivity (Wildman–Crippen MR) is 36.0 cm³/mol. The van der Waals surface area contributed by atoms with Gasteiger partial charge in [-0.3, -0.25) is 4.68 Å². The van der Waals surface area contributed by atoms with Gasteiger partial charge in [0.2, 0.25) is 0 Å². The lowest BCUT2D eigenvalue weighted by molar-refractivity contribution is 0.436. The van der Waals surface area contributed by atoms with Crippen molar-refractivity contribution in [3.63, 3.8) is 0 Å². The third kappa shape index (κ3) is 2.30. The van der Waals surface area contributed by atoms with Gasteiger partial charge >= 0.3 is 6.98 Å². The molecule has 0 atom stereocenters. The Morgan fingerprint density at radius 3 is 2.67 bits per heavy atom. The van der Waals surface area contributed by atoms with E-state index >= 15 is 0 Å². The number of nitriles is 1. The standard InChI is InChI=1S/C5H4BF3N3/c7-6(8,9)4-12-3-5(1-10)2-11-12/h2-3H,4H2/q-1. The van der Waals surface area contributed by atoms with Gasteiger partial charge in [-0.25, -0.2) is 0 Å². The van der Waals surface area contributed by atoms with Crippen molar-refractivity contribution in [2.75, 3.05) is 0 Å². The van der Waals surface area contributed by atoms with Gasteiger partial charge in [0.05, 0.1) is 11.8 Å². The maximum absolute atomic E-state index is 11.8. The molecule has 1 rings (SSSR count). The van der Waals surface area contributed by atoms with Crippen LogP contribution in [-0.4, -0.2) is 16.8 Å². The molecule has 0 unspecified atom stereocenters. The molecule has 0 saturated heterocycles. The molecule has 1 heterocycles. The van der Waals surface area contributed by atoms with Gasteiger partial charge in [-0.2, -0.15) is 10.4 Å². The number of hydrogen-bond acceptors (Lipinski definition) is 2. The molecule has 0 amide bonds. The zero-order valence-electron chi connectivity index (χ0n) is 5.91. The van der Waals surface area contributed by atoms with Gasteiger partial charge < -0.3 is 12.9 Å². The second-order valence-corrected chi connectivity index (χ2v) is 2.27. The summed E-state index contributed by atoms with van der Waals surface area (Å²) in [5.41, 5.74) is 0.134. The molecular weight excluding hydrogens is 170 g/mol. The first-order chi connectivity index (χ1) is 5.51. The molecule has 7 heteroatoms. The first-order valence-corrected chi connectivity index (χ1v) is 3.15. The first-order valence-electron chi connectivity index (χ1n) is 3.15. The molecule has 0 spiro atoms. The Labute approximate surface area is 66.5 Å². The van der Waals surface area contributed by atoms with E-state index in [9.17, 15) is 12.9 Å². The van der Waals surface area contributed by atoms with E-state index in [4.69, 9.17) is 5.26 Å². The fourth-order valence-electron chi connectivity index (χ4n) is 0.733. The Morgan fingerprint density at radius 1 is 1.58 bits per heavy atom. The summed E-state index contributed by atoms with van der Waals surface area (Å²) in [6.45, 7) is -4.88. The summed E-state index contributed by atoms with van der Waals surface area (Å²) >= 11 is 0. The topological polar surface area (TPSA) is 41.6 Å². The van der Waals surface area contributed by atoms with E-state index in [2.05, 4.69) is 5.10 Å². The van der Waals surface area contributed by atoms with Gasteiger partial charge in [0.15, 0.2) is 0 Å². The zero-order chi connectivity index (χ0) is 9.19.